The number of fused-ring (bicyclic) bond motifs is 1. The average Bonchev–Trinajstić information content (AvgIpc) is 3.16. The van der Waals surface area contributed by atoms with Crippen LogP contribution in [0.1, 0.15) is 36.6 Å². The van der Waals surface area contributed by atoms with Gasteiger partial charge in [-0.3, -0.25) is 0 Å². The van der Waals surface area contributed by atoms with Crippen molar-refractivity contribution in [3.05, 3.63) is 29.6 Å². The Morgan fingerprint density at radius 1 is 1.36 bits per heavy atom. The number of ether oxygens (including phenoxy) is 1. The molecule has 1 N–H and O–H groups in total. The van der Waals surface area contributed by atoms with Crippen molar-refractivity contribution in [2.24, 2.45) is 5.92 Å². The minimum Gasteiger partial charge on any atom is -0.381 e. The van der Waals surface area contributed by atoms with E-state index in [1.165, 1.54) is 49.3 Å². The minimum absolute atomic E-state index is 0.545. The summed E-state index contributed by atoms with van der Waals surface area (Å²) >= 11 is 0. The molecule has 0 aliphatic carbocycles. The number of aryl methyl sites for hydroxylation is 1. The van der Waals surface area contributed by atoms with Gasteiger partial charge >= 0.3 is 0 Å². The zero-order valence-corrected chi connectivity index (χ0v) is 13.3. The molecule has 2 atom stereocenters. The van der Waals surface area contributed by atoms with Crippen LogP contribution in [-0.2, 0) is 4.74 Å². The lowest BCUT2D eigenvalue weighted by Gasteiger charge is -2.33. The topological polar surface area (TPSA) is 41.2 Å². The van der Waals surface area contributed by atoms with Gasteiger partial charge in [-0.25, -0.2) is 4.98 Å². The SMILES string of the molecule is Cc1ccc2nc(C3CCCN(CC4CCOC4)C3)[nH]c2c1. The lowest BCUT2D eigenvalue weighted by Crippen LogP contribution is -2.38. The zero-order valence-electron chi connectivity index (χ0n) is 13.3. The molecule has 118 valence electrons. The highest BCUT2D eigenvalue weighted by Crippen LogP contribution is 2.28. The normalized spacial score (nSPS) is 26.8. The van der Waals surface area contributed by atoms with Crippen molar-refractivity contribution in [2.75, 3.05) is 32.8 Å². The fourth-order valence-corrected chi connectivity index (χ4v) is 3.87. The van der Waals surface area contributed by atoms with Crippen molar-refractivity contribution in [1.29, 1.82) is 0 Å². The standard InChI is InChI=1S/C18H25N3O/c1-13-4-5-16-17(9-13)20-18(19-16)15-3-2-7-21(11-15)10-14-6-8-22-12-14/h4-5,9,14-15H,2-3,6-8,10-12H2,1H3,(H,19,20). The van der Waals surface area contributed by atoms with Gasteiger partial charge in [0.15, 0.2) is 0 Å². The van der Waals surface area contributed by atoms with Crippen LogP contribution in [0, 0.1) is 12.8 Å². The molecule has 2 fully saturated rings. The molecule has 4 heteroatoms. The molecule has 2 unspecified atom stereocenters. The summed E-state index contributed by atoms with van der Waals surface area (Å²) in [6.07, 6.45) is 3.75. The number of H-pyrrole nitrogens is 1. The number of hydrogen-bond donors (Lipinski definition) is 1. The Bertz CT molecular complexity index is 645. The van der Waals surface area contributed by atoms with E-state index in [-0.39, 0.29) is 0 Å². The van der Waals surface area contributed by atoms with E-state index in [4.69, 9.17) is 9.72 Å². The number of nitrogens with zero attached hydrogens (tertiary/aromatic N) is 2. The summed E-state index contributed by atoms with van der Waals surface area (Å²) in [4.78, 5) is 11.0. The lowest BCUT2D eigenvalue weighted by atomic mass is 9.96. The first-order valence-corrected chi connectivity index (χ1v) is 8.54. The monoisotopic (exact) mass is 299 g/mol. The maximum Gasteiger partial charge on any atom is 0.111 e. The van der Waals surface area contributed by atoms with Crippen LogP contribution in [0.4, 0.5) is 0 Å². The van der Waals surface area contributed by atoms with Crippen molar-refractivity contribution in [3.63, 3.8) is 0 Å². The smallest absolute Gasteiger partial charge is 0.111 e. The van der Waals surface area contributed by atoms with E-state index in [2.05, 4.69) is 35.0 Å². The Morgan fingerprint density at radius 2 is 2.32 bits per heavy atom. The van der Waals surface area contributed by atoms with Gasteiger partial charge in [0, 0.05) is 25.6 Å². The van der Waals surface area contributed by atoms with E-state index in [0.29, 0.717) is 5.92 Å². The van der Waals surface area contributed by atoms with Crippen molar-refractivity contribution in [1.82, 2.24) is 14.9 Å². The highest BCUT2D eigenvalue weighted by atomic mass is 16.5. The number of aromatic nitrogens is 2. The molecular formula is C18H25N3O. The summed E-state index contributed by atoms with van der Waals surface area (Å²) < 4.78 is 5.52. The van der Waals surface area contributed by atoms with Crippen LogP contribution in [0.3, 0.4) is 0 Å². The number of piperidine rings is 1. The number of rotatable bonds is 3. The Hall–Kier alpha value is -1.39. The van der Waals surface area contributed by atoms with Gasteiger partial charge in [-0.15, -0.1) is 0 Å². The van der Waals surface area contributed by atoms with Gasteiger partial charge in [-0.1, -0.05) is 6.07 Å². The molecule has 1 aromatic heterocycles. The van der Waals surface area contributed by atoms with Crippen molar-refractivity contribution in [3.8, 4) is 0 Å². The van der Waals surface area contributed by atoms with E-state index in [1.807, 2.05) is 0 Å². The van der Waals surface area contributed by atoms with Gasteiger partial charge < -0.3 is 14.6 Å². The second-order valence-electron chi connectivity index (χ2n) is 6.97. The molecule has 22 heavy (non-hydrogen) atoms. The van der Waals surface area contributed by atoms with Gasteiger partial charge in [-0.2, -0.15) is 0 Å². The van der Waals surface area contributed by atoms with Crippen molar-refractivity contribution in [2.45, 2.75) is 32.1 Å². The quantitative estimate of drug-likeness (QED) is 0.947. The van der Waals surface area contributed by atoms with E-state index in [9.17, 15) is 0 Å². The predicted molar refractivity (Wildman–Crippen MR) is 88.2 cm³/mol. The molecule has 0 spiro atoms. The third-order valence-electron chi connectivity index (χ3n) is 5.09. The van der Waals surface area contributed by atoms with Gasteiger partial charge in [0.1, 0.15) is 5.82 Å². The number of imidazole rings is 1. The Labute approximate surface area is 131 Å². The van der Waals surface area contributed by atoms with Gasteiger partial charge in [0.25, 0.3) is 0 Å². The Balaban J connectivity index is 1.48. The summed E-state index contributed by atoms with van der Waals surface area (Å²) in [6, 6.07) is 6.46. The minimum atomic E-state index is 0.545. The maximum absolute atomic E-state index is 5.52. The first kappa shape index (κ1) is 14.2. The number of hydrogen-bond acceptors (Lipinski definition) is 3. The molecule has 2 aromatic rings. The van der Waals surface area contributed by atoms with Crippen LogP contribution < -0.4 is 0 Å². The Kier molecular flexibility index (Phi) is 3.89. The molecular weight excluding hydrogens is 274 g/mol. The summed E-state index contributed by atoms with van der Waals surface area (Å²) in [5, 5.41) is 0. The Morgan fingerprint density at radius 3 is 3.18 bits per heavy atom. The molecule has 4 rings (SSSR count). The van der Waals surface area contributed by atoms with Crippen LogP contribution in [0.25, 0.3) is 11.0 Å². The van der Waals surface area contributed by atoms with E-state index in [1.54, 1.807) is 0 Å². The van der Waals surface area contributed by atoms with Crippen molar-refractivity contribution >= 4 is 11.0 Å². The number of likely N-dealkylation sites (tertiary alicyclic amines) is 1. The molecule has 2 saturated heterocycles. The third-order valence-corrected chi connectivity index (χ3v) is 5.09. The van der Waals surface area contributed by atoms with Crippen LogP contribution in [0.2, 0.25) is 0 Å². The molecule has 0 saturated carbocycles. The summed E-state index contributed by atoms with van der Waals surface area (Å²) in [5.41, 5.74) is 3.56. The largest absolute Gasteiger partial charge is 0.381 e. The molecule has 2 aliphatic rings. The average molecular weight is 299 g/mol. The van der Waals surface area contributed by atoms with Crippen molar-refractivity contribution < 1.29 is 4.74 Å². The molecule has 0 amide bonds. The number of benzene rings is 1. The van der Waals surface area contributed by atoms with E-state index in [0.717, 1.165) is 31.2 Å². The summed E-state index contributed by atoms with van der Waals surface area (Å²) in [5.74, 6) is 2.45. The maximum atomic E-state index is 5.52. The van der Waals surface area contributed by atoms with E-state index < -0.39 is 0 Å². The number of aromatic amines is 1. The van der Waals surface area contributed by atoms with Gasteiger partial charge in [0.2, 0.25) is 0 Å². The number of nitrogens with one attached hydrogen (secondary N) is 1. The summed E-state index contributed by atoms with van der Waals surface area (Å²) in [7, 11) is 0. The van der Waals surface area contributed by atoms with Crippen LogP contribution >= 0.6 is 0 Å². The highest BCUT2D eigenvalue weighted by molar-refractivity contribution is 5.75. The zero-order chi connectivity index (χ0) is 14.9. The predicted octanol–water partition coefficient (Wildman–Crippen LogP) is 3.09. The molecule has 1 aromatic carbocycles. The first-order valence-electron chi connectivity index (χ1n) is 8.54. The van der Waals surface area contributed by atoms with E-state index >= 15 is 0 Å². The third kappa shape index (κ3) is 2.90. The molecule has 2 aliphatic heterocycles. The molecule has 0 radical (unpaired) electrons. The first-order chi connectivity index (χ1) is 10.8. The van der Waals surface area contributed by atoms with Crippen LogP contribution in [-0.4, -0.2) is 47.7 Å². The molecule has 4 nitrogen and oxygen atoms in total. The lowest BCUT2D eigenvalue weighted by molar-refractivity contribution is 0.149. The summed E-state index contributed by atoms with van der Waals surface area (Å²) in [6.45, 7) is 7.58. The fourth-order valence-electron chi connectivity index (χ4n) is 3.87. The van der Waals surface area contributed by atoms with Gasteiger partial charge in [-0.05, 0) is 56.3 Å². The highest BCUT2D eigenvalue weighted by Gasteiger charge is 2.26. The second kappa shape index (κ2) is 6.01. The molecule has 0 bridgehead atoms. The molecule has 3 heterocycles. The van der Waals surface area contributed by atoms with Crippen LogP contribution in [0.5, 0.6) is 0 Å². The second-order valence-corrected chi connectivity index (χ2v) is 6.97. The van der Waals surface area contributed by atoms with Crippen LogP contribution in [0.15, 0.2) is 18.2 Å². The van der Waals surface area contributed by atoms with Gasteiger partial charge in [0.05, 0.1) is 17.6 Å². The fraction of sp³-hybridized carbons (Fsp3) is 0.611.